The number of nitrogens with zero attached hydrogens (tertiary/aromatic N) is 4. The molecule has 1 amide bonds. The summed E-state index contributed by atoms with van der Waals surface area (Å²) in [4.78, 5) is 20.6. The number of carbonyl (C=O) groups excluding carboxylic acids is 1. The van der Waals surface area contributed by atoms with Crippen LogP contribution in [-0.2, 0) is 22.6 Å². The van der Waals surface area contributed by atoms with E-state index >= 15 is 0 Å². The minimum absolute atomic E-state index is 0.0312. The highest BCUT2D eigenvalue weighted by atomic mass is 16.5. The Labute approximate surface area is 206 Å². The summed E-state index contributed by atoms with van der Waals surface area (Å²) in [5.74, 6) is 0.0312. The van der Waals surface area contributed by atoms with E-state index < -0.39 is 0 Å². The number of hydrogen-bond donors (Lipinski definition) is 0. The smallest absolute Gasteiger partial charge is 0.244 e. The minimum Gasteiger partial charge on any atom is -0.376 e. The number of ether oxygens (including phenoxy) is 1. The van der Waals surface area contributed by atoms with Gasteiger partial charge in [-0.15, -0.1) is 0 Å². The quantitative estimate of drug-likeness (QED) is 0.373. The van der Waals surface area contributed by atoms with Gasteiger partial charge in [-0.1, -0.05) is 35.9 Å². The van der Waals surface area contributed by atoms with Crippen LogP contribution in [0.1, 0.15) is 35.2 Å². The Balaban J connectivity index is 1.54. The maximum Gasteiger partial charge on any atom is 0.244 e. The SMILES string of the molecule is Cc1ccc2nc(-c3ccccc3C)c(CN(CC3CCCO3)C(=O)Cn3ccc(C)n3)cc2c1. The van der Waals surface area contributed by atoms with E-state index in [0.717, 1.165) is 58.4 Å². The van der Waals surface area contributed by atoms with E-state index in [-0.39, 0.29) is 18.6 Å². The molecule has 1 aliphatic rings. The molecule has 6 nitrogen and oxygen atoms in total. The van der Waals surface area contributed by atoms with Gasteiger partial charge >= 0.3 is 0 Å². The molecule has 4 aromatic rings. The number of amides is 1. The molecular weight excluding hydrogens is 436 g/mol. The molecule has 0 N–H and O–H groups in total. The molecule has 1 atom stereocenters. The Kier molecular flexibility index (Phi) is 6.64. The summed E-state index contributed by atoms with van der Waals surface area (Å²) >= 11 is 0. The van der Waals surface area contributed by atoms with Gasteiger partial charge in [0.05, 0.1) is 23.0 Å². The van der Waals surface area contributed by atoms with Crippen molar-refractivity contribution in [2.45, 2.75) is 52.8 Å². The van der Waals surface area contributed by atoms with Crippen LogP contribution in [0.2, 0.25) is 0 Å². The Morgan fingerprint density at radius 1 is 1.11 bits per heavy atom. The third kappa shape index (κ3) is 5.28. The van der Waals surface area contributed by atoms with Crippen LogP contribution < -0.4 is 0 Å². The second kappa shape index (κ2) is 10.0. The van der Waals surface area contributed by atoms with Gasteiger partial charge in [0.25, 0.3) is 0 Å². The molecule has 2 aromatic heterocycles. The summed E-state index contributed by atoms with van der Waals surface area (Å²) < 4.78 is 7.63. The minimum atomic E-state index is 0.0312. The van der Waals surface area contributed by atoms with Crippen molar-refractivity contribution in [3.8, 4) is 11.3 Å². The summed E-state index contributed by atoms with van der Waals surface area (Å²) in [6.45, 7) is 8.14. The third-order valence-electron chi connectivity index (χ3n) is 6.68. The van der Waals surface area contributed by atoms with Gasteiger partial charge in [0.15, 0.2) is 0 Å². The van der Waals surface area contributed by atoms with Crippen LogP contribution in [-0.4, -0.2) is 44.8 Å². The molecule has 0 spiro atoms. The maximum absolute atomic E-state index is 13.5. The van der Waals surface area contributed by atoms with Crippen molar-refractivity contribution in [2.24, 2.45) is 0 Å². The first kappa shape index (κ1) is 23.2. The molecule has 1 unspecified atom stereocenters. The second-order valence-electron chi connectivity index (χ2n) is 9.57. The normalized spacial score (nSPS) is 15.6. The van der Waals surface area contributed by atoms with Crippen LogP contribution in [0, 0.1) is 20.8 Å². The standard InChI is InChI=1S/C29H32N4O2/c1-20-10-11-27-23(15-20)16-24(29(30-27)26-9-5-4-7-21(26)2)17-32(18-25-8-6-14-35-25)28(34)19-33-13-12-22(3)31-33/h4-5,7,9-13,15-16,25H,6,8,14,17-19H2,1-3H3. The number of aryl methyl sites for hydroxylation is 3. The largest absolute Gasteiger partial charge is 0.376 e. The van der Waals surface area contributed by atoms with E-state index in [4.69, 9.17) is 9.72 Å². The number of fused-ring (bicyclic) bond motifs is 1. The maximum atomic E-state index is 13.5. The topological polar surface area (TPSA) is 60.3 Å². The molecule has 5 rings (SSSR count). The van der Waals surface area contributed by atoms with Gasteiger partial charge in [0.2, 0.25) is 5.91 Å². The predicted octanol–water partition coefficient (Wildman–Crippen LogP) is 5.23. The molecule has 0 bridgehead atoms. The van der Waals surface area contributed by atoms with E-state index in [2.05, 4.69) is 55.3 Å². The van der Waals surface area contributed by atoms with E-state index in [1.54, 1.807) is 4.68 Å². The highest BCUT2D eigenvalue weighted by Crippen LogP contribution is 2.30. The van der Waals surface area contributed by atoms with Crippen LogP contribution in [0.15, 0.2) is 60.8 Å². The summed E-state index contributed by atoms with van der Waals surface area (Å²) in [6.07, 6.45) is 3.94. The summed E-state index contributed by atoms with van der Waals surface area (Å²) in [7, 11) is 0. The zero-order valence-electron chi connectivity index (χ0n) is 20.7. The number of benzene rings is 2. The van der Waals surface area contributed by atoms with Crippen LogP contribution in [0.3, 0.4) is 0 Å². The molecule has 0 radical (unpaired) electrons. The number of aromatic nitrogens is 3. The highest BCUT2D eigenvalue weighted by Gasteiger charge is 2.25. The number of pyridine rings is 1. The molecule has 1 aliphatic heterocycles. The Bertz CT molecular complexity index is 1350. The average Bonchev–Trinajstić information content (AvgIpc) is 3.50. The van der Waals surface area contributed by atoms with E-state index in [9.17, 15) is 4.79 Å². The highest BCUT2D eigenvalue weighted by molar-refractivity contribution is 5.85. The molecular formula is C29H32N4O2. The Morgan fingerprint density at radius 2 is 1.97 bits per heavy atom. The Hall–Kier alpha value is -3.51. The molecule has 0 saturated carbocycles. The first-order valence-electron chi connectivity index (χ1n) is 12.3. The summed E-state index contributed by atoms with van der Waals surface area (Å²) in [5.41, 5.74) is 7.28. The van der Waals surface area contributed by atoms with Gasteiger partial charge in [-0.25, -0.2) is 4.98 Å². The van der Waals surface area contributed by atoms with Gasteiger partial charge in [-0.3, -0.25) is 9.48 Å². The molecule has 2 aromatic carbocycles. The van der Waals surface area contributed by atoms with Crippen LogP contribution >= 0.6 is 0 Å². The summed E-state index contributed by atoms with van der Waals surface area (Å²) in [5, 5.41) is 5.51. The van der Waals surface area contributed by atoms with Crippen molar-refractivity contribution >= 4 is 16.8 Å². The van der Waals surface area contributed by atoms with Gasteiger partial charge < -0.3 is 9.64 Å². The fourth-order valence-electron chi connectivity index (χ4n) is 4.82. The predicted molar refractivity (Wildman–Crippen MR) is 138 cm³/mol. The fourth-order valence-corrected chi connectivity index (χ4v) is 4.82. The van der Waals surface area contributed by atoms with E-state index in [0.29, 0.717) is 13.1 Å². The zero-order chi connectivity index (χ0) is 24.4. The van der Waals surface area contributed by atoms with Crippen molar-refractivity contribution < 1.29 is 9.53 Å². The fraction of sp³-hybridized carbons (Fsp3) is 0.345. The van der Waals surface area contributed by atoms with Gasteiger partial charge in [0, 0.05) is 36.8 Å². The zero-order valence-corrected chi connectivity index (χ0v) is 20.7. The van der Waals surface area contributed by atoms with Crippen LogP contribution in [0.25, 0.3) is 22.2 Å². The van der Waals surface area contributed by atoms with E-state index in [1.807, 2.05) is 36.2 Å². The first-order valence-corrected chi connectivity index (χ1v) is 12.3. The lowest BCUT2D eigenvalue weighted by Gasteiger charge is -2.27. The lowest BCUT2D eigenvalue weighted by molar-refractivity contribution is -0.134. The van der Waals surface area contributed by atoms with Gasteiger partial charge in [0.1, 0.15) is 6.54 Å². The average molecular weight is 469 g/mol. The molecule has 0 aliphatic carbocycles. The molecule has 1 saturated heterocycles. The number of hydrogen-bond acceptors (Lipinski definition) is 4. The molecule has 35 heavy (non-hydrogen) atoms. The monoisotopic (exact) mass is 468 g/mol. The van der Waals surface area contributed by atoms with E-state index in [1.165, 1.54) is 5.56 Å². The number of rotatable bonds is 7. The third-order valence-corrected chi connectivity index (χ3v) is 6.68. The lowest BCUT2D eigenvalue weighted by atomic mass is 9.98. The lowest BCUT2D eigenvalue weighted by Crippen LogP contribution is -2.39. The van der Waals surface area contributed by atoms with Crippen LogP contribution in [0.4, 0.5) is 0 Å². The number of carbonyl (C=O) groups is 1. The van der Waals surface area contributed by atoms with Crippen molar-refractivity contribution in [3.63, 3.8) is 0 Å². The van der Waals surface area contributed by atoms with Crippen molar-refractivity contribution in [1.82, 2.24) is 19.7 Å². The Morgan fingerprint density at radius 3 is 2.71 bits per heavy atom. The van der Waals surface area contributed by atoms with Gasteiger partial charge in [-0.2, -0.15) is 5.10 Å². The van der Waals surface area contributed by atoms with Crippen molar-refractivity contribution in [3.05, 3.63) is 83.2 Å². The van der Waals surface area contributed by atoms with Gasteiger partial charge in [-0.05, 0) is 69.0 Å². The molecule has 1 fully saturated rings. The second-order valence-corrected chi connectivity index (χ2v) is 9.57. The first-order chi connectivity index (χ1) is 17.0. The van der Waals surface area contributed by atoms with Crippen molar-refractivity contribution in [2.75, 3.05) is 13.2 Å². The van der Waals surface area contributed by atoms with Crippen molar-refractivity contribution in [1.29, 1.82) is 0 Å². The van der Waals surface area contributed by atoms with Crippen LogP contribution in [0.5, 0.6) is 0 Å². The molecule has 180 valence electrons. The summed E-state index contributed by atoms with van der Waals surface area (Å²) in [6, 6.07) is 18.8. The molecule has 3 heterocycles. The molecule has 6 heteroatoms.